The van der Waals surface area contributed by atoms with Crippen LogP contribution in [-0.4, -0.2) is 36.1 Å². The minimum Gasteiger partial charge on any atom is -0.310 e. The number of benzene rings is 1. The van der Waals surface area contributed by atoms with E-state index in [9.17, 15) is 0 Å². The molecule has 1 unspecified atom stereocenters. The second kappa shape index (κ2) is 6.93. The molecule has 2 fully saturated rings. The summed E-state index contributed by atoms with van der Waals surface area (Å²) < 4.78 is 0. The van der Waals surface area contributed by atoms with Gasteiger partial charge in [-0.25, -0.2) is 0 Å². The Bertz CT molecular complexity index is 422. The standard InChI is InChI=1S/C19H30N2/c1-17-10-14-20-19(12-6-3-7-13-19)16-21(17)15-11-18-8-4-2-5-9-18/h2,4-5,8-9,17,20H,3,6-7,10-16H2,1H3. The van der Waals surface area contributed by atoms with Crippen molar-refractivity contribution in [2.75, 3.05) is 19.6 Å². The highest BCUT2D eigenvalue weighted by atomic mass is 15.2. The normalized spacial score (nSPS) is 26.6. The maximum atomic E-state index is 3.91. The molecular weight excluding hydrogens is 256 g/mol. The van der Waals surface area contributed by atoms with Crippen LogP contribution in [0.1, 0.15) is 51.0 Å². The van der Waals surface area contributed by atoms with Crippen LogP contribution in [0.3, 0.4) is 0 Å². The molecule has 1 spiro atoms. The van der Waals surface area contributed by atoms with E-state index in [0.717, 1.165) is 0 Å². The zero-order chi connectivity index (χ0) is 14.5. The first-order valence-electron chi connectivity index (χ1n) is 8.80. The first-order chi connectivity index (χ1) is 10.3. The highest BCUT2D eigenvalue weighted by Gasteiger charge is 2.36. The highest BCUT2D eigenvalue weighted by Crippen LogP contribution is 2.31. The van der Waals surface area contributed by atoms with E-state index in [1.807, 2.05) is 0 Å². The van der Waals surface area contributed by atoms with Gasteiger partial charge in [0.25, 0.3) is 0 Å². The maximum absolute atomic E-state index is 3.91. The summed E-state index contributed by atoms with van der Waals surface area (Å²) in [5, 5.41) is 3.91. The molecule has 1 saturated carbocycles. The van der Waals surface area contributed by atoms with Gasteiger partial charge in [0, 0.05) is 24.7 Å². The molecule has 1 aliphatic heterocycles. The lowest BCUT2D eigenvalue weighted by atomic mass is 9.81. The Morgan fingerprint density at radius 1 is 1.14 bits per heavy atom. The number of rotatable bonds is 3. The molecular formula is C19H30N2. The van der Waals surface area contributed by atoms with Crippen LogP contribution < -0.4 is 5.32 Å². The van der Waals surface area contributed by atoms with Gasteiger partial charge in [-0.2, -0.15) is 0 Å². The van der Waals surface area contributed by atoms with E-state index in [4.69, 9.17) is 0 Å². The summed E-state index contributed by atoms with van der Waals surface area (Å²) >= 11 is 0. The Morgan fingerprint density at radius 3 is 2.67 bits per heavy atom. The van der Waals surface area contributed by atoms with E-state index in [-0.39, 0.29) is 0 Å². The zero-order valence-electron chi connectivity index (χ0n) is 13.5. The van der Waals surface area contributed by atoms with Crippen LogP contribution >= 0.6 is 0 Å². The van der Waals surface area contributed by atoms with Crippen molar-refractivity contribution < 1.29 is 0 Å². The predicted molar refractivity (Wildman–Crippen MR) is 89.6 cm³/mol. The summed E-state index contributed by atoms with van der Waals surface area (Å²) in [5.41, 5.74) is 1.89. The summed E-state index contributed by atoms with van der Waals surface area (Å²) in [6, 6.07) is 11.7. The highest BCUT2D eigenvalue weighted by molar-refractivity contribution is 5.15. The molecule has 1 heterocycles. The third-order valence-corrected chi connectivity index (χ3v) is 5.53. The topological polar surface area (TPSA) is 15.3 Å². The van der Waals surface area contributed by atoms with Crippen molar-refractivity contribution in [3.8, 4) is 0 Å². The summed E-state index contributed by atoms with van der Waals surface area (Å²) in [6.07, 6.45) is 9.48. The second-order valence-corrected chi connectivity index (χ2v) is 7.11. The van der Waals surface area contributed by atoms with Gasteiger partial charge in [-0.3, -0.25) is 4.90 Å². The molecule has 1 N–H and O–H groups in total. The van der Waals surface area contributed by atoms with E-state index in [2.05, 4.69) is 47.5 Å². The van der Waals surface area contributed by atoms with Gasteiger partial charge in [0.2, 0.25) is 0 Å². The third kappa shape index (κ3) is 3.87. The Morgan fingerprint density at radius 2 is 1.90 bits per heavy atom. The molecule has 1 aliphatic carbocycles. The van der Waals surface area contributed by atoms with Crippen LogP contribution in [0.25, 0.3) is 0 Å². The summed E-state index contributed by atoms with van der Waals surface area (Å²) in [4.78, 5) is 2.75. The molecule has 3 rings (SSSR count). The summed E-state index contributed by atoms with van der Waals surface area (Å²) in [7, 11) is 0. The first-order valence-corrected chi connectivity index (χ1v) is 8.80. The smallest absolute Gasteiger partial charge is 0.0308 e. The van der Waals surface area contributed by atoms with Gasteiger partial charge >= 0.3 is 0 Å². The van der Waals surface area contributed by atoms with Crippen molar-refractivity contribution in [1.82, 2.24) is 10.2 Å². The molecule has 0 radical (unpaired) electrons. The monoisotopic (exact) mass is 286 g/mol. The number of hydrogen-bond acceptors (Lipinski definition) is 2. The molecule has 0 amide bonds. The van der Waals surface area contributed by atoms with Crippen molar-refractivity contribution in [1.29, 1.82) is 0 Å². The van der Waals surface area contributed by atoms with Gasteiger partial charge in [0.15, 0.2) is 0 Å². The molecule has 1 aromatic carbocycles. The maximum Gasteiger partial charge on any atom is 0.0308 e. The van der Waals surface area contributed by atoms with Crippen LogP contribution in [0.4, 0.5) is 0 Å². The minimum atomic E-state index is 0.416. The van der Waals surface area contributed by atoms with Gasteiger partial charge in [0.05, 0.1) is 0 Å². The van der Waals surface area contributed by atoms with Gasteiger partial charge in [-0.05, 0) is 44.7 Å². The van der Waals surface area contributed by atoms with Crippen LogP contribution in [0.15, 0.2) is 30.3 Å². The molecule has 1 atom stereocenters. The van der Waals surface area contributed by atoms with E-state index in [1.54, 1.807) is 0 Å². The lowest BCUT2D eigenvalue weighted by molar-refractivity contribution is 0.139. The van der Waals surface area contributed by atoms with Gasteiger partial charge in [-0.1, -0.05) is 49.6 Å². The van der Waals surface area contributed by atoms with Crippen LogP contribution in [-0.2, 0) is 6.42 Å². The fraction of sp³-hybridized carbons (Fsp3) is 0.684. The first kappa shape index (κ1) is 15.1. The largest absolute Gasteiger partial charge is 0.310 e. The second-order valence-electron chi connectivity index (χ2n) is 7.11. The Hall–Kier alpha value is -0.860. The quantitative estimate of drug-likeness (QED) is 0.913. The molecule has 2 aliphatic rings. The fourth-order valence-electron chi connectivity index (χ4n) is 4.11. The lowest BCUT2D eigenvalue weighted by Crippen LogP contribution is -2.53. The van der Waals surface area contributed by atoms with Gasteiger partial charge < -0.3 is 5.32 Å². The molecule has 2 nitrogen and oxygen atoms in total. The van der Waals surface area contributed by atoms with E-state index >= 15 is 0 Å². The fourth-order valence-corrected chi connectivity index (χ4v) is 4.11. The van der Waals surface area contributed by atoms with Crippen LogP contribution in [0.5, 0.6) is 0 Å². The zero-order valence-corrected chi connectivity index (χ0v) is 13.5. The molecule has 2 heteroatoms. The summed E-state index contributed by atoms with van der Waals surface area (Å²) in [6.45, 7) is 6.06. The van der Waals surface area contributed by atoms with E-state index in [0.29, 0.717) is 11.6 Å². The van der Waals surface area contributed by atoms with Crippen molar-refractivity contribution in [2.24, 2.45) is 0 Å². The molecule has 1 aromatic rings. The van der Waals surface area contributed by atoms with Crippen molar-refractivity contribution in [3.05, 3.63) is 35.9 Å². The lowest BCUT2D eigenvalue weighted by Gasteiger charge is -2.41. The van der Waals surface area contributed by atoms with Crippen molar-refractivity contribution >= 4 is 0 Å². The Kier molecular flexibility index (Phi) is 4.97. The molecule has 116 valence electrons. The van der Waals surface area contributed by atoms with E-state index in [1.165, 1.54) is 70.1 Å². The van der Waals surface area contributed by atoms with Gasteiger partial charge in [0.1, 0.15) is 0 Å². The molecule has 0 bridgehead atoms. The number of hydrogen-bond donors (Lipinski definition) is 1. The van der Waals surface area contributed by atoms with E-state index < -0.39 is 0 Å². The van der Waals surface area contributed by atoms with Crippen molar-refractivity contribution in [3.63, 3.8) is 0 Å². The van der Waals surface area contributed by atoms with Gasteiger partial charge in [-0.15, -0.1) is 0 Å². The van der Waals surface area contributed by atoms with Crippen LogP contribution in [0, 0.1) is 0 Å². The predicted octanol–water partition coefficient (Wildman–Crippen LogP) is 3.62. The molecule has 0 aromatic heterocycles. The molecule has 21 heavy (non-hydrogen) atoms. The average molecular weight is 286 g/mol. The number of nitrogens with zero attached hydrogens (tertiary/aromatic N) is 1. The van der Waals surface area contributed by atoms with Crippen LogP contribution in [0.2, 0.25) is 0 Å². The SMILES string of the molecule is CC1CCNC2(CCCCC2)CN1CCc1ccccc1. The minimum absolute atomic E-state index is 0.416. The summed E-state index contributed by atoms with van der Waals surface area (Å²) in [5.74, 6) is 0. The number of nitrogens with one attached hydrogen (secondary N) is 1. The Labute approximate surface area is 129 Å². The molecule has 1 saturated heterocycles. The Balaban J connectivity index is 1.63. The third-order valence-electron chi connectivity index (χ3n) is 5.53. The average Bonchev–Trinajstić information content (AvgIpc) is 2.67. The van der Waals surface area contributed by atoms with Crippen molar-refractivity contribution in [2.45, 2.75) is 63.5 Å².